The number of aryl methyl sites for hydroxylation is 1. The van der Waals surface area contributed by atoms with E-state index in [1.807, 2.05) is 43.5 Å². The summed E-state index contributed by atoms with van der Waals surface area (Å²) in [5, 5.41) is 7.28. The van der Waals surface area contributed by atoms with Crippen molar-refractivity contribution in [2.75, 3.05) is 5.32 Å². The summed E-state index contributed by atoms with van der Waals surface area (Å²) < 4.78 is 0. The van der Waals surface area contributed by atoms with Crippen LogP contribution in [0.1, 0.15) is 37.1 Å². The Balaban J connectivity index is 1.76. The molecule has 0 spiro atoms. The van der Waals surface area contributed by atoms with Crippen LogP contribution in [0, 0.1) is 6.92 Å². The first-order chi connectivity index (χ1) is 10.7. The van der Waals surface area contributed by atoms with Crippen LogP contribution < -0.4 is 10.6 Å². The average Bonchev–Trinajstić information content (AvgIpc) is 2.98. The van der Waals surface area contributed by atoms with E-state index in [1.165, 1.54) is 12.8 Å². The number of rotatable bonds is 3. The van der Waals surface area contributed by atoms with Crippen molar-refractivity contribution >= 4 is 23.1 Å². The van der Waals surface area contributed by atoms with E-state index < -0.39 is 0 Å². The van der Waals surface area contributed by atoms with Gasteiger partial charge in [-0.05, 0) is 56.2 Å². The molecule has 22 heavy (non-hydrogen) atoms. The minimum absolute atomic E-state index is 0.158. The van der Waals surface area contributed by atoms with Gasteiger partial charge in [0, 0.05) is 11.9 Å². The van der Waals surface area contributed by atoms with Gasteiger partial charge in [0.1, 0.15) is 5.82 Å². The lowest BCUT2D eigenvalue weighted by molar-refractivity contribution is 0.396. The molecule has 1 aliphatic rings. The van der Waals surface area contributed by atoms with Crippen LogP contribution >= 0.6 is 12.2 Å². The monoisotopic (exact) mass is 312 g/mol. The van der Waals surface area contributed by atoms with Crippen LogP contribution in [0.3, 0.4) is 0 Å². The molecule has 4 nitrogen and oxygen atoms in total. The molecule has 2 heterocycles. The summed E-state index contributed by atoms with van der Waals surface area (Å²) in [5.41, 5.74) is 1.87. The highest BCUT2D eigenvalue weighted by Gasteiger charge is 2.37. The minimum atomic E-state index is -0.158. The lowest BCUT2D eigenvalue weighted by Gasteiger charge is -2.31. The Labute approximate surface area is 136 Å². The van der Waals surface area contributed by atoms with Gasteiger partial charge in [-0.1, -0.05) is 25.0 Å². The van der Waals surface area contributed by atoms with Crippen LogP contribution in [0.15, 0.2) is 42.6 Å². The first-order valence-electron chi connectivity index (χ1n) is 7.62. The molecule has 0 radical (unpaired) electrons. The molecular formula is C17H20N4S. The standard InChI is InChI=1S/C17H20N4S/c1-13-7-6-9-15(19-13)20-16(22)21-17(10-3-4-11-17)14-8-2-5-12-18-14/h2,5-9,12H,3-4,10-11H2,1H3,(H2,19,20,21,22). The molecule has 2 aromatic heterocycles. The summed E-state index contributed by atoms with van der Waals surface area (Å²) in [6.45, 7) is 1.97. The maximum Gasteiger partial charge on any atom is 0.172 e. The van der Waals surface area contributed by atoms with Crippen molar-refractivity contribution in [3.05, 3.63) is 54.0 Å². The lowest BCUT2D eigenvalue weighted by atomic mass is 9.93. The number of nitrogens with one attached hydrogen (secondary N) is 2. The van der Waals surface area contributed by atoms with Gasteiger partial charge in [0.05, 0.1) is 11.2 Å². The van der Waals surface area contributed by atoms with E-state index in [0.29, 0.717) is 5.11 Å². The molecule has 0 bridgehead atoms. The zero-order valence-electron chi connectivity index (χ0n) is 12.7. The number of hydrogen-bond acceptors (Lipinski definition) is 3. The van der Waals surface area contributed by atoms with Crippen molar-refractivity contribution in [1.29, 1.82) is 0 Å². The van der Waals surface area contributed by atoms with Crippen molar-refractivity contribution in [2.24, 2.45) is 0 Å². The lowest BCUT2D eigenvalue weighted by Crippen LogP contribution is -2.46. The quantitative estimate of drug-likeness (QED) is 0.849. The van der Waals surface area contributed by atoms with Crippen LogP contribution in [-0.2, 0) is 5.54 Å². The Morgan fingerprint density at radius 2 is 1.95 bits per heavy atom. The molecule has 0 amide bonds. The van der Waals surface area contributed by atoms with Crippen LogP contribution in [0.5, 0.6) is 0 Å². The maximum absolute atomic E-state index is 5.50. The highest BCUT2D eigenvalue weighted by molar-refractivity contribution is 7.80. The molecular weight excluding hydrogens is 292 g/mol. The van der Waals surface area contributed by atoms with Crippen LogP contribution in [0.4, 0.5) is 5.82 Å². The highest BCUT2D eigenvalue weighted by Crippen LogP contribution is 2.37. The molecule has 2 aromatic rings. The number of anilines is 1. The highest BCUT2D eigenvalue weighted by atomic mass is 32.1. The van der Waals surface area contributed by atoms with Gasteiger partial charge in [-0.25, -0.2) is 4.98 Å². The third-order valence-electron chi connectivity index (χ3n) is 4.10. The molecule has 1 saturated carbocycles. The molecule has 0 saturated heterocycles. The fourth-order valence-electron chi connectivity index (χ4n) is 3.05. The molecule has 1 aliphatic carbocycles. The molecule has 1 fully saturated rings. The second kappa shape index (κ2) is 6.40. The summed E-state index contributed by atoms with van der Waals surface area (Å²) in [7, 11) is 0. The van der Waals surface area contributed by atoms with Crippen LogP contribution in [-0.4, -0.2) is 15.1 Å². The third kappa shape index (κ3) is 3.25. The Kier molecular flexibility index (Phi) is 4.34. The molecule has 0 aromatic carbocycles. The predicted octanol–water partition coefficient (Wildman–Crippen LogP) is 3.54. The molecule has 0 aliphatic heterocycles. The Morgan fingerprint density at radius 3 is 2.64 bits per heavy atom. The first-order valence-corrected chi connectivity index (χ1v) is 8.03. The van der Waals surface area contributed by atoms with E-state index in [2.05, 4.69) is 26.7 Å². The summed E-state index contributed by atoms with van der Waals surface area (Å²) in [5.74, 6) is 0.770. The summed E-state index contributed by atoms with van der Waals surface area (Å²) in [6, 6.07) is 11.9. The van der Waals surface area contributed by atoms with E-state index in [0.717, 1.165) is 30.0 Å². The van der Waals surface area contributed by atoms with Crippen LogP contribution in [0.25, 0.3) is 0 Å². The van der Waals surface area contributed by atoms with Gasteiger partial charge in [0.25, 0.3) is 0 Å². The van der Waals surface area contributed by atoms with E-state index in [-0.39, 0.29) is 5.54 Å². The van der Waals surface area contributed by atoms with Gasteiger partial charge in [0.2, 0.25) is 0 Å². The van der Waals surface area contributed by atoms with Gasteiger partial charge in [-0.2, -0.15) is 0 Å². The maximum atomic E-state index is 5.50. The summed E-state index contributed by atoms with van der Waals surface area (Å²) in [4.78, 5) is 8.97. The number of aromatic nitrogens is 2. The number of hydrogen-bond donors (Lipinski definition) is 2. The normalized spacial score (nSPS) is 16.2. The van der Waals surface area contributed by atoms with Gasteiger partial charge >= 0.3 is 0 Å². The summed E-state index contributed by atoms with van der Waals surface area (Å²) >= 11 is 5.50. The molecule has 114 valence electrons. The van der Waals surface area contributed by atoms with Gasteiger partial charge in [-0.15, -0.1) is 0 Å². The Hall–Kier alpha value is -2.01. The largest absolute Gasteiger partial charge is 0.351 e. The van der Waals surface area contributed by atoms with Gasteiger partial charge in [-0.3, -0.25) is 4.98 Å². The molecule has 0 unspecified atom stereocenters. The van der Waals surface area contributed by atoms with E-state index in [9.17, 15) is 0 Å². The number of nitrogens with zero attached hydrogens (tertiary/aromatic N) is 2. The second-order valence-corrected chi connectivity index (χ2v) is 6.16. The zero-order valence-corrected chi connectivity index (χ0v) is 13.5. The summed E-state index contributed by atoms with van der Waals surface area (Å²) in [6.07, 6.45) is 6.32. The van der Waals surface area contributed by atoms with Crippen LogP contribution in [0.2, 0.25) is 0 Å². The SMILES string of the molecule is Cc1cccc(NC(=S)NC2(c3ccccn3)CCCC2)n1. The molecule has 0 atom stereocenters. The fraction of sp³-hybridized carbons (Fsp3) is 0.353. The molecule has 5 heteroatoms. The average molecular weight is 312 g/mol. The van der Waals surface area contributed by atoms with Crippen molar-refractivity contribution < 1.29 is 0 Å². The van der Waals surface area contributed by atoms with Crippen molar-refractivity contribution in [2.45, 2.75) is 38.1 Å². The fourth-order valence-corrected chi connectivity index (χ4v) is 3.35. The minimum Gasteiger partial charge on any atom is -0.351 e. The molecule has 2 N–H and O–H groups in total. The second-order valence-electron chi connectivity index (χ2n) is 5.75. The first kappa shape index (κ1) is 14.9. The van der Waals surface area contributed by atoms with Crippen molar-refractivity contribution in [1.82, 2.24) is 15.3 Å². The number of thiocarbonyl (C=S) groups is 1. The van der Waals surface area contributed by atoms with E-state index in [1.54, 1.807) is 0 Å². The Morgan fingerprint density at radius 1 is 1.14 bits per heavy atom. The van der Waals surface area contributed by atoms with E-state index >= 15 is 0 Å². The van der Waals surface area contributed by atoms with Gasteiger partial charge < -0.3 is 10.6 Å². The Bertz CT molecular complexity index is 651. The third-order valence-corrected chi connectivity index (χ3v) is 4.30. The smallest absolute Gasteiger partial charge is 0.172 e. The molecule has 3 rings (SSSR count). The van der Waals surface area contributed by atoms with Crippen molar-refractivity contribution in [3.8, 4) is 0 Å². The zero-order chi connectivity index (χ0) is 15.4. The predicted molar refractivity (Wildman–Crippen MR) is 92.7 cm³/mol. The van der Waals surface area contributed by atoms with Gasteiger partial charge in [0.15, 0.2) is 5.11 Å². The topological polar surface area (TPSA) is 49.8 Å². The van der Waals surface area contributed by atoms with E-state index in [4.69, 9.17) is 12.2 Å². The number of pyridine rings is 2. The van der Waals surface area contributed by atoms with Crippen molar-refractivity contribution in [3.63, 3.8) is 0 Å².